The Balaban J connectivity index is 1.65. The summed E-state index contributed by atoms with van der Waals surface area (Å²) in [6.07, 6.45) is 6.08. The summed E-state index contributed by atoms with van der Waals surface area (Å²) in [5.41, 5.74) is 8.31. The van der Waals surface area contributed by atoms with E-state index in [-0.39, 0.29) is 5.82 Å². The molecule has 0 unspecified atom stereocenters. The van der Waals surface area contributed by atoms with Crippen LogP contribution < -0.4 is 14.4 Å². The summed E-state index contributed by atoms with van der Waals surface area (Å²) >= 11 is 0. The predicted molar refractivity (Wildman–Crippen MR) is 165 cm³/mol. The van der Waals surface area contributed by atoms with Gasteiger partial charge in [0, 0.05) is 68.8 Å². The van der Waals surface area contributed by atoms with Crippen molar-refractivity contribution in [1.29, 1.82) is 10.5 Å². The number of halogens is 1. The van der Waals surface area contributed by atoms with Gasteiger partial charge in [0.1, 0.15) is 12.9 Å². The molecule has 0 fully saturated rings. The Hall–Kier alpha value is -4.94. The van der Waals surface area contributed by atoms with Crippen LogP contribution in [-0.2, 0) is 7.05 Å². The molecular weight excluding hydrogens is 509 g/mol. The number of aromatic nitrogens is 1. The Morgan fingerprint density at radius 2 is 1.29 bits per heavy atom. The highest BCUT2D eigenvalue weighted by Crippen LogP contribution is 2.28. The smallest absolute Gasteiger partial charge is 0.213 e. The fraction of sp³-hybridized carbons (Fsp3) is 0.229. The number of unbranched alkanes of at least 4 members (excludes halogenated alkanes) is 1. The van der Waals surface area contributed by atoms with E-state index in [0.29, 0.717) is 19.4 Å². The van der Waals surface area contributed by atoms with Crippen LogP contribution in [0.4, 0.5) is 15.8 Å². The second kappa shape index (κ2) is 13.9. The molecule has 4 rings (SSSR count). The minimum Gasteiger partial charge on any atom is -0.375 e. The van der Waals surface area contributed by atoms with E-state index in [9.17, 15) is 4.39 Å². The molecule has 206 valence electrons. The molecule has 0 atom stereocenters. The first-order valence-electron chi connectivity index (χ1n) is 13.7. The zero-order valence-electron chi connectivity index (χ0n) is 23.9. The quantitative estimate of drug-likeness (QED) is 0.147. The molecule has 41 heavy (non-hydrogen) atoms. The van der Waals surface area contributed by atoms with Crippen LogP contribution in [0.15, 0.2) is 84.9 Å². The van der Waals surface area contributed by atoms with Crippen molar-refractivity contribution in [3.05, 3.63) is 102 Å². The van der Waals surface area contributed by atoms with Crippen molar-refractivity contribution >= 4 is 23.5 Å². The average molecular weight is 545 g/mol. The third-order valence-electron chi connectivity index (χ3n) is 7.25. The highest BCUT2D eigenvalue weighted by atomic mass is 19.1. The lowest BCUT2D eigenvalue weighted by Gasteiger charge is -2.18. The van der Waals surface area contributed by atoms with E-state index in [4.69, 9.17) is 10.5 Å². The van der Waals surface area contributed by atoms with Crippen molar-refractivity contribution in [2.45, 2.75) is 19.3 Å². The molecule has 1 heterocycles. The van der Waals surface area contributed by atoms with Crippen LogP contribution in [0.1, 0.15) is 30.5 Å². The van der Waals surface area contributed by atoms with E-state index in [1.165, 1.54) is 12.1 Å². The Kier molecular flexibility index (Phi) is 9.86. The number of nitrogens with zero attached hydrogens (tertiary/aromatic N) is 5. The molecule has 0 saturated heterocycles. The minimum atomic E-state index is -0.261. The van der Waals surface area contributed by atoms with Crippen LogP contribution >= 0.6 is 0 Å². The van der Waals surface area contributed by atoms with Gasteiger partial charge in [-0.3, -0.25) is 0 Å². The monoisotopic (exact) mass is 544 g/mol. The topological polar surface area (TPSA) is 57.9 Å². The van der Waals surface area contributed by atoms with Crippen LogP contribution in [0.25, 0.3) is 34.5 Å². The van der Waals surface area contributed by atoms with Crippen LogP contribution in [0.2, 0.25) is 0 Å². The average Bonchev–Trinajstić information content (AvgIpc) is 3.00. The van der Waals surface area contributed by atoms with Gasteiger partial charge < -0.3 is 9.80 Å². The highest BCUT2D eigenvalue weighted by molar-refractivity contribution is 5.75. The van der Waals surface area contributed by atoms with E-state index in [1.807, 2.05) is 21.1 Å². The third kappa shape index (κ3) is 7.59. The van der Waals surface area contributed by atoms with Gasteiger partial charge in [-0.1, -0.05) is 24.3 Å². The number of nitriles is 2. The Labute approximate surface area is 242 Å². The number of pyridine rings is 1. The van der Waals surface area contributed by atoms with E-state index in [0.717, 1.165) is 58.0 Å². The van der Waals surface area contributed by atoms with E-state index >= 15 is 0 Å². The molecule has 0 bridgehead atoms. The van der Waals surface area contributed by atoms with Crippen molar-refractivity contribution < 1.29 is 8.96 Å². The third-order valence-corrected chi connectivity index (χ3v) is 7.25. The number of rotatable bonds is 11. The highest BCUT2D eigenvalue weighted by Gasteiger charge is 2.17. The van der Waals surface area contributed by atoms with Gasteiger partial charge in [-0.05, 0) is 77.7 Å². The van der Waals surface area contributed by atoms with E-state index in [1.54, 1.807) is 12.1 Å². The molecule has 3 aromatic carbocycles. The lowest BCUT2D eigenvalue weighted by Crippen LogP contribution is -2.34. The molecule has 0 aliphatic rings. The summed E-state index contributed by atoms with van der Waals surface area (Å²) < 4.78 is 15.8. The normalized spacial score (nSPS) is 10.8. The maximum absolute atomic E-state index is 13.7. The lowest BCUT2D eigenvalue weighted by molar-refractivity contribution is -0.662. The van der Waals surface area contributed by atoms with Gasteiger partial charge in [0.25, 0.3) is 0 Å². The molecule has 1 aromatic heterocycles. The van der Waals surface area contributed by atoms with Crippen molar-refractivity contribution in [2.75, 3.05) is 37.0 Å². The summed E-state index contributed by atoms with van der Waals surface area (Å²) in [7, 11) is 6.06. The summed E-state index contributed by atoms with van der Waals surface area (Å²) in [4.78, 5) is 4.24. The Morgan fingerprint density at radius 1 is 0.707 bits per heavy atom. The van der Waals surface area contributed by atoms with Gasteiger partial charge in [-0.2, -0.15) is 15.1 Å². The molecule has 0 aliphatic heterocycles. The van der Waals surface area contributed by atoms with Crippen molar-refractivity contribution in [2.24, 2.45) is 7.05 Å². The number of hydrogen-bond donors (Lipinski definition) is 0. The maximum atomic E-state index is 13.7. The zero-order chi connectivity index (χ0) is 29.2. The van der Waals surface area contributed by atoms with Gasteiger partial charge in [-0.25, -0.2) is 4.39 Å². The molecule has 0 N–H and O–H groups in total. The molecule has 0 aliphatic carbocycles. The standard InChI is InChI=1S/C35H35FN5/c1-39(23-5-4-21-37)32-16-7-27(8-17-32)9-18-34-25-30(26-35(41(34)3)29-10-14-31(36)15-11-29)28-12-19-33(20-13-28)40(2)24-6-22-38/h7-20,25-26H,4-6,23-24H2,1-3H3/q+1. The number of hydrogen-bond acceptors (Lipinski definition) is 4. The van der Waals surface area contributed by atoms with Gasteiger partial charge in [-0.15, -0.1) is 0 Å². The van der Waals surface area contributed by atoms with Crippen LogP contribution in [-0.4, -0.2) is 27.2 Å². The molecule has 0 saturated carbocycles. The fourth-order valence-electron chi connectivity index (χ4n) is 4.71. The summed E-state index contributed by atoms with van der Waals surface area (Å²) in [6, 6.07) is 32.0. The second-order valence-electron chi connectivity index (χ2n) is 10.1. The van der Waals surface area contributed by atoms with Crippen molar-refractivity contribution in [3.8, 4) is 34.5 Å². The Bertz CT molecular complexity index is 1560. The van der Waals surface area contributed by atoms with Gasteiger partial charge >= 0.3 is 0 Å². The summed E-state index contributed by atoms with van der Waals surface area (Å²) in [5, 5.41) is 17.7. The van der Waals surface area contributed by atoms with Gasteiger partial charge in [0.2, 0.25) is 11.4 Å². The molecule has 6 heteroatoms. The van der Waals surface area contributed by atoms with Crippen LogP contribution in [0.5, 0.6) is 0 Å². The summed E-state index contributed by atoms with van der Waals surface area (Å²) in [6.45, 7) is 1.52. The van der Waals surface area contributed by atoms with E-state index < -0.39 is 0 Å². The Morgan fingerprint density at radius 3 is 1.93 bits per heavy atom. The lowest BCUT2D eigenvalue weighted by atomic mass is 10.0. The summed E-state index contributed by atoms with van der Waals surface area (Å²) in [5.74, 6) is -0.261. The predicted octanol–water partition coefficient (Wildman–Crippen LogP) is 7.24. The first-order chi connectivity index (χ1) is 19.9. The number of anilines is 2. The molecule has 4 aromatic rings. The van der Waals surface area contributed by atoms with Gasteiger partial charge in [0.15, 0.2) is 0 Å². The maximum Gasteiger partial charge on any atom is 0.213 e. The van der Waals surface area contributed by atoms with Crippen LogP contribution in [0.3, 0.4) is 0 Å². The SMILES string of the molecule is CN(CCC#N)c1ccc(-c2cc(/C=C/c3ccc(N(C)CCCC#N)cc3)[n+](C)c(-c3ccc(F)cc3)c2)cc1. The largest absolute Gasteiger partial charge is 0.375 e. The first kappa shape index (κ1) is 29.1. The van der Waals surface area contributed by atoms with Crippen molar-refractivity contribution in [3.63, 3.8) is 0 Å². The van der Waals surface area contributed by atoms with Crippen molar-refractivity contribution in [1.82, 2.24) is 0 Å². The van der Waals surface area contributed by atoms with Gasteiger partial charge in [0.05, 0.1) is 18.6 Å². The fourth-order valence-corrected chi connectivity index (χ4v) is 4.71. The molecule has 0 amide bonds. The number of benzene rings is 3. The zero-order valence-corrected chi connectivity index (χ0v) is 23.9. The molecule has 0 radical (unpaired) electrons. The molecule has 0 spiro atoms. The molecule has 5 nitrogen and oxygen atoms in total. The second-order valence-corrected chi connectivity index (χ2v) is 10.1. The minimum absolute atomic E-state index is 0.261. The molecular formula is C35H35FN5+. The van der Waals surface area contributed by atoms with Crippen LogP contribution in [0, 0.1) is 28.5 Å². The first-order valence-corrected chi connectivity index (χ1v) is 13.7. The van der Waals surface area contributed by atoms with E-state index in [2.05, 4.69) is 99.3 Å².